The van der Waals surface area contributed by atoms with Gasteiger partial charge in [0, 0.05) is 81.4 Å². The van der Waals surface area contributed by atoms with Crippen molar-refractivity contribution in [1.29, 1.82) is 0 Å². The van der Waals surface area contributed by atoms with Gasteiger partial charge in [0.25, 0.3) is 0 Å². The van der Waals surface area contributed by atoms with Crippen LogP contribution in [0.2, 0.25) is 0 Å². The maximum Gasteiger partial charge on any atom is 0.327 e. The largest absolute Gasteiger partial charge is 0.368 e. The van der Waals surface area contributed by atoms with Gasteiger partial charge in [-0.3, -0.25) is 29.2 Å². The van der Waals surface area contributed by atoms with E-state index in [1.165, 1.54) is 0 Å². The molecule has 5 aromatic rings. The Balaban J connectivity index is 0.989. The van der Waals surface area contributed by atoms with Crippen LogP contribution in [0.1, 0.15) is 49.3 Å². The molecule has 0 aliphatic carbocycles. The maximum atomic E-state index is 14.5. The Hall–Kier alpha value is -5.77. The minimum atomic E-state index is -0.946. The van der Waals surface area contributed by atoms with Gasteiger partial charge in [0.05, 0.1) is 17.2 Å². The van der Waals surface area contributed by atoms with Crippen LogP contribution in [0.4, 0.5) is 10.5 Å². The number of carbonyl (C=O) groups is 3. The molecule has 7 heterocycles. The number of aromatic amines is 2. The SMILES string of the molecule is Cc1cc(CC(NC(=O)N2CCC(n3c(=O)[nH]c4ncccc43)CC2)C(=O)NC(CC2CCNCC2)C(=O)N2CCN(c3ccncc3)CC2)cc2cn[nH]c12. The van der Waals surface area contributed by atoms with Crippen LogP contribution in [-0.4, -0.2) is 122 Å². The van der Waals surface area contributed by atoms with E-state index < -0.39 is 18.0 Å². The van der Waals surface area contributed by atoms with Crippen molar-refractivity contribution < 1.29 is 14.4 Å². The summed E-state index contributed by atoms with van der Waals surface area (Å²) < 4.78 is 1.74. The first-order valence-corrected chi connectivity index (χ1v) is 19.8. The summed E-state index contributed by atoms with van der Waals surface area (Å²) in [5.74, 6) is -0.194. The van der Waals surface area contributed by atoms with Crippen LogP contribution in [0.15, 0.2) is 66.0 Å². The number of aryl methyl sites for hydroxylation is 1. The third-order valence-electron chi connectivity index (χ3n) is 11.7. The predicted molar refractivity (Wildman–Crippen MR) is 212 cm³/mol. The lowest BCUT2D eigenvalue weighted by molar-refractivity contribution is -0.137. The van der Waals surface area contributed by atoms with Crippen LogP contribution in [0.5, 0.6) is 0 Å². The molecule has 294 valence electrons. The van der Waals surface area contributed by atoms with Crippen molar-refractivity contribution in [1.82, 2.24) is 55.5 Å². The molecule has 16 heteroatoms. The number of aromatic nitrogens is 6. The van der Waals surface area contributed by atoms with Crippen molar-refractivity contribution >= 4 is 45.6 Å². The second-order valence-electron chi connectivity index (χ2n) is 15.4. The number of nitrogens with one attached hydrogen (secondary N) is 5. The van der Waals surface area contributed by atoms with E-state index in [0.717, 1.165) is 59.2 Å². The zero-order valence-electron chi connectivity index (χ0n) is 31.7. The van der Waals surface area contributed by atoms with Gasteiger partial charge < -0.3 is 30.7 Å². The van der Waals surface area contributed by atoms with Crippen molar-refractivity contribution in [2.75, 3.05) is 57.3 Å². The monoisotopic (exact) mass is 762 g/mol. The summed E-state index contributed by atoms with van der Waals surface area (Å²) in [6.45, 7) is 7.00. The number of anilines is 1. The van der Waals surface area contributed by atoms with Crippen LogP contribution >= 0.6 is 0 Å². The molecule has 0 spiro atoms. The van der Waals surface area contributed by atoms with Gasteiger partial charge in [-0.25, -0.2) is 14.6 Å². The summed E-state index contributed by atoms with van der Waals surface area (Å²) >= 11 is 0. The van der Waals surface area contributed by atoms with Gasteiger partial charge in [0.15, 0.2) is 5.65 Å². The zero-order chi connectivity index (χ0) is 38.6. The quantitative estimate of drug-likeness (QED) is 0.142. The highest BCUT2D eigenvalue weighted by Gasteiger charge is 2.35. The average molecular weight is 763 g/mol. The van der Waals surface area contributed by atoms with Crippen molar-refractivity contribution in [3.63, 3.8) is 0 Å². The molecule has 3 aliphatic heterocycles. The van der Waals surface area contributed by atoms with E-state index in [1.54, 1.807) is 40.3 Å². The van der Waals surface area contributed by atoms with Crippen LogP contribution in [0, 0.1) is 12.8 Å². The summed E-state index contributed by atoms with van der Waals surface area (Å²) in [5, 5.41) is 17.8. The second kappa shape index (κ2) is 16.5. The molecule has 16 nitrogen and oxygen atoms in total. The van der Waals surface area contributed by atoms with E-state index in [9.17, 15) is 19.2 Å². The summed E-state index contributed by atoms with van der Waals surface area (Å²) in [5.41, 5.74) is 4.91. The third-order valence-corrected chi connectivity index (χ3v) is 11.7. The molecule has 4 amide bonds. The summed E-state index contributed by atoms with van der Waals surface area (Å²) in [6.07, 6.45) is 10.7. The number of imidazole rings is 1. The number of urea groups is 1. The Labute approximate surface area is 324 Å². The molecule has 1 aromatic carbocycles. The van der Waals surface area contributed by atoms with Crippen LogP contribution in [0.3, 0.4) is 0 Å². The Kier molecular flexibility index (Phi) is 11.0. The molecule has 8 rings (SSSR count). The van der Waals surface area contributed by atoms with Gasteiger partial charge in [-0.05, 0) is 99.5 Å². The number of piperidine rings is 2. The fourth-order valence-electron chi connectivity index (χ4n) is 8.67. The highest BCUT2D eigenvalue weighted by molar-refractivity contribution is 5.92. The van der Waals surface area contributed by atoms with Crippen LogP contribution < -0.4 is 26.5 Å². The number of benzene rings is 1. The zero-order valence-corrected chi connectivity index (χ0v) is 31.7. The number of nitrogens with zero attached hydrogens (tertiary/aromatic N) is 7. The fourth-order valence-corrected chi connectivity index (χ4v) is 8.67. The number of hydrogen-bond donors (Lipinski definition) is 5. The third kappa shape index (κ3) is 8.10. The van der Waals surface area contributed by atoms with Crippen molar-refractivity contribution in [3.05, 3.63) is 82.8 Å². The van der Waals surface area contributed by atoms with E-state index in [-0.39, 0.29) is 36.0 Å². The Morgan fingerprint density at radius 2 is 1.66 bits per heavy atom. The van der Waals surface area contributed by atoms with E-state index >= 15 is 0 Å². The molecule has 4 aromatic heterocycles. The molecule has 0 bridgehead atoms. The number of amides is 4. The van der Waals surface area contributed by atoms with Gasteiger partial charge in [-0.2, -0.15) is 5.10 Å². The number of piperazine rings is 1. The van der Waals surface area contributed by atoms with E-state index in [4.69, 9.17) is 0 Å². The number of fused-ring (bicyclic) bond motifs is 2. The Bertz CT molecular complexity index is 2210. The molecule has 3 aliphatic rings. The minimum absolute atomic E-state index is 0.0863. The van der Waals surface area contributed by atoms with E-state index in [2.05, 4.69) is 46.0 Å². The minimum Gasteiger partial charge on any atom is -0.368 e. The molecule has 5 N–H and O–H groups in total. The second-order valence-corrected chi connectivity index (χ2v) is 15.4. The topological polar surface area (TPSA) is 189 Å². The van der Waals surface area contributed by atoms with Crippen LogP contribution in [-0.2, 0) is 16.0 Å². The fraction of sp³-hybridized carbons (Fsp3) is 0.475. The van der Waals surface area contributed by atoms with Gasteiger partial charge in [0.1, 0.15) is 12.1 Å². The number of carbonyl (C=O) groups excluding carboxylic acids is 3. The highest BCUT2D eigenvalue weighted by Crippen LogP contribution is 2.26. The predicted octanol–water partition coefficient (Wildman–Crippen LogP) is 2.49. The number of H-pyrrole nitrogens is 2. The molecule has 2 atom stereocenters. The van der Waals surface area contributed by atoms with E-state index in [1.807, 2.05) is 42.2 Å². The molecule has 0 saturated carbocycles. The standard InChI is InChI=1S/C40H50N12O4/c1-26-21-28(22-29-25-44-48-35(26)29)24-32(46-39(55)51-15-8-31(9-16-51)52-34-3-2-10-43-36(34)47-40(52)56)37(53)45-33(23-27-4-11-41-12-5-27)38(54)50-19-17-49(18-20-50)30-6-13-42-14-7-30/h2-3,6-7,10,13-14,21-22,25,27,31-33,41H,4-5,8-9,11-12,15-20,23-24H2,1H3,(H,44,48)(H,45,53)(H,46,55)(H,43,47,56). The lowest BCUT2D eigenvalue weighted by Crippen LogP contribution is -2.59. The van der Waals surface area contributed by atoms with Gasteiger partial charge in [0.2, 0.25) is 11.8 Å². The maximum absolute atomic E-state index is 14.5. The van der Waals surface area contributed by atoms with E-state index in [0.29, 0.717) is 64.2 Å². The molecule has 2 unspecified atom stereocenters. The summed E-state index contributed by atoms with van der Waals surface area (Å²) in [6, 6.07) is 9.49. The highest BCUT2D eigenvalue weighted by atomic mass is 16.2. The molecular formula is C40H50N12O4. The number of rotatable bonds is 10. The first-order chi connectivity index (χ1) is 27.3. The number of hydrogen-bond acceptors (Lipinski definition) is 9. The number of likely N-dealkylation sites (tertiary alicyclic amines) is 1. The molecule has 3 saturated heterocycles. The lowest BCUT2D eigenvalue weighted by Gasteiger charge is -2.38. The Morgan fingerprint density at radius 1 is 0.893 bits per heavy atom. The lowest BCUT2D eigenvalue weighted by atomic mass is 9.90. The first-order valence-electron chi connectivity index (χ1n) is 19.8. The van der Waals surface area contributed by atoms with Gasteiger partial charge in [-0.1, -0.05) is 6.07 Å². The first kappa shape index (κ1) is 37.2. The van der Waals surface area contributed by atoms with Gasteiger partial charge in [-0.15, -0.1) is 0 Å². The van der Waals surface area contributed by atoms with Crippen molar-refractivity contribution in [2.45, 2.75) is 63.6 Å². The molecular weight excluding hydrogens is 713 g/mol. The normalized spacial score (nSPS) is 18.3. The molecule has 3 fully saturated rings. The van der Waals surface area contributed by atoms with Crippen LogP contribution in [0.25, 0.3) is 22.1 Å². The summed E-state index contributed by atoms with van der Waals surface area (Å²) in [7, 11) is 0. The summed E-state index contributed by atoms with van der Waals surface area (Å²) in [4.78, 5) is 72.7. The molecule has 0 radical (unpaired) electrons. The van der Waals surface area contributed by atoms with Gasteiger partial charge >= 0.3 is 11.7 Å². The Morgan fingerprint density at radius 3 is 2.43 bits per heavy atom. The number of pyridine rings is 2. The van der Waals surface area contributed by atoms with Crippen molar-refractivity contribution in [2.24, 2.45) is 5.92 Å². The molecule has 56 heavy (non-hydrogen) atoms. The van der Waals surface area contributed by atoms with Crippen molar-refractivity contribution in [3.8, 4) is 0 Å². The smallest absolute Gasteiger partial charge is 0.327 e. The average Bonchev–Trinajstić information content (AvgIpc) is 3.85.